The molecule has 0 aliphatic heterocycles. The highest BCUT2D eigenvalue weighted by Crippen LogP contribution is 2.08. The molecule has 0 saturated heterocycles. The smallest absolute Gasteiger partial charge is 0.412 e. The first-order valence-corrected chi connectivity index (χ1v) is 4.30. The van der Waals surface area contributed by atoms with Crippen LogP contribution in [-0.2, 0) is 14.3 Å². The molecule has 1 amide bonds. The molecule has 5 nitrogen and oxygen atoms in total. The van der Waals surface area contributed by atoms with E-state index >= 15 is 0 Å². The van der Waals surface area contributed by atoms with E-state index in [1.165, 1.54) is 18.9 Å². The van der Waals surface area contributed by atoms with E-state index in [4.69, 9.17) is 4.74 Å². The molecular weight excluding hydrogens is 186 g/mol. The molecule has 0 unspecified atom stereocenters. The lowest BCUT2D eigenvalue weighted by molar-refractivity contribution is -0.144. The van der Waals surface area contributed by atoms with E-state index in [0.717, 1.165) is 0 Å². The van der Waals surface area contributed by atoms with Gasteiger partial charge in [-0.3, -0.25) is 9.69 Å². The summed E-state index contributed by atoms with van der Waals surface area (Å²) in [4.78, 5) is 22.9. The van der Waals surface area contributed by atoms with Crippen molar-refractivity contribution < 1.29 is 19.1 Å². The number of carbonyl (C=O) groups excluding carboxylic acids is 2. The van der Waals surface area contributed by atoms with Gasteiger partial charge in [0.15, 0.2) is 6.73 Å². The summed E-state index contributed by atoms with van der Waals surface area (Å²) in [5.41, 5.74) is -0.540. The van der Waals surface area contributed by atoms with Crippen molar-refractivity contribution in [1.29, 1.82) is 0 Å². The van der Waals surface area contributed by atoms with Crippen molar-refractivity contribution in [3.8, 4) is 0 Å². The van der Waals surface area contributed by atoms with Gasteiger partial charge >= 0.3 is 12.1 Å². The third-order valence-electron chi connectivity index (χ3n) is 1.17. The van der Waals surface area contributed by atoms with E-state index in [2.05, 4.69) is 4.74 Å². The minimum absolute atomic E-state index is 0.0930. The van der Waals surface area contributed by atoms with Crippen molar-refractivity contribution in [3.63, 3.8) is 0 Å². The summed E-state index contributed by atoms with van der Waals surface area (Å²) in [6, 6.07) is 0. The quantitative estimate of drug-likeness (QED) is 0.502. The highest BCUT2D eigenvalue weighted by Gasteiger charge is 2.19. The van der Waals surface area contributed by atoms with Crippen LogP contribution in [0.25, 0.3) is 0 Å². The molecule has 82 valence electrons. The molecule has 0 aromatic rings. The first-order chi connectivity index (χ1) is 6.22. The van der Waals surface area contributed by atoms with Gasteiger partial charge in [-0.15, -0.1) is 0 Å². The second-order valence-electron chi connectivity index (χ2n) is 3.94. The number of hydrogen-bond donors (Lipinski definition) is 0. The van der Waals surface area contributed by atoms with Crippen LogP contribution in [0.15, 0.2) is 0 Å². The fourth-order valence-electron chi connectivity index (χ4n) is 0.580. The predicted octanol–water partition coefficient (Wildman–Crippen LogP) is 1.37. The molecule has 0 radical (unpaired) electrons. The lowest BCUT2D eigenvalue weighted by Gasteiger charge is -2.24. The zero-order valence-corrected chi connectivity index (χ0v) is 9.29. The monoisotopic (exact) mass is 203 g/mol. The topological polar surface area (TPSA) is 55.8 Å². The van der Waals surface area contributed by atoms with Crippen LogP contribution in [0.1, 0.15) is 27.7 Å². The predicted molar refractivity (Wildman–Crippen MR) is 50.6 cm³/mol. The molecule has 0 aliphatic carbocycles. The summed E-state index contributed by atoms with van der Waals surface area (Å²) in [7, 11) is 1.50. The summed E-state index contributed by atoms with van der Waals surface area (Å²) >= 11 is 0. The number of rotatable bonds is 2. The minimum Gasteiger partial charge on any atom is -0.444 e. The van der Waals surface area contributed by atoms with Crippen LogP contribution in [0.4, 0.5) is 4.79 Å². The van der Waals surface area contributed by atoms with Crippen molar-refractivity contribution in [2.24, 2.45) is 0 Å². The molecule has 5 heteroatoms. The van der Waals surface area contributed by atoms with Gasteiger partial charge in [-0.2, -0.15) is 0 Å². The molecule has 0 spiro atoms. The number of ether oxygens (including phenoxy) is 2. The maximum atomic E-state index is 11.3. The Morgan fingerprint density at radius 2 is 1.79 bits per heavy atom. The summed E-state index contributed by atoms with van der Waals surface area (Å²) < 4.78 is 9.65. The lowest BCUT2D eigenvalue weighted by Crippen LogP contribution is -2.35. The van der Waals surface area contributed by atoms with E-state index in [1.807, 2.05) is 0 Å². The summed E-state index contributed by atoms with van der Waals surface area (Å²) in [5.74, 6) is -0.430. The van der Waals surface area contributed by atoms with Crippen molar-refractivity contribution in [3.05, 3.63) is 0 Å². The van der Waals surface area contributed by atoms with Crippen LogP contribution in [-0.4, -0.2) is 36.3 Å². The van der Waals surface area contributed by atoms with Crippen LogP contribution in [0.2, 0.25) is 0 Å². The van der Waals surface area contributed by atoms with E-state index in [-0.39, 0.29) is 6.73 Å². The Kier molecular flexibility index (Phi) is 4.40. The highest BCUT2D eigenvalue weighted by molar-refractivity contribution is 5.69. The molecular formula is C9H17NO4. The molecule has 0 saturated carbocycles. The van der Waals surface area contributed by atoms with Gasteiger partial charge in [-0.25, -0.2) is 4.79 Å². The molecule has 0 aliphatic rings. The largest absolute Gasteiger partial charge is 0.444 e. The van der Waals surface area contributed by atoms with Gasteiger partial charge < -0.3 is 9.47 Å². The fourth-order valence-corrected chi connectivity index (χ4v) is 0.580. The highest BCUT2D eigenvalue weighted by atomic mass is 16.6. The molecule has 0 aromatic carbocycles. The number of esters is 1. The van der Waals surface area contributed by atoms with Gasteiger partial charge in [0.25, 0.3) is 0 Å². The molecule has 0 atom stereocenters. The Labute approximate surface area is 84.0 Å². The summed E-state index contributed by atoms with van der Waals surface area (Å²) in [6.07, 6.45) is -0.515. The zero-order valence-electron chi connectivity index (χ0n) is 9.29. The van der Waals surface area contributed by atoms with Gasteiger partial charge in [0.2, 0.25) is 0 Å². The number of hydrogen-bond acceptors (Lipinski definition) is 4. The second-order valence-corrected chi connectivity index (χ2v) is 3.94. The molecule has 0 bridgehead atoms. The summed E-state index contributed by atoms with van der Waals surface area (Å²) in [5, 5.41) is 0. The first-order valence-electron chi connectivity index (χ1n) is 4.30. The Morgan fingerprint density at radius 3 is 2.14 bits per heavy atom. The SMILES string of the molecule is CC(=O)OCN(C)C(=O)OC(C)(C)C. The minimum atomic E-state index is -0.540. The molecule has 0 N–H and O–H groups in total. The average molecular weight is 203 g/mol. The maximum absolute atomic E-state index is 11.3. The van der Waals surface area contributed by atoms with E-state index in [0.29, 0.717) is 0 Å². The van der Waals surface area contributed by atoms with Gasteiger partial charge in [0, 0.05) is 14.0 Å². The van der Waals surface area contributed by atoms with Gasteiger partial charge in [0.1, 0.15) is 5.60 Å². The molecule has 0 fully saturated rings. The van der Waals surface area contributed by atoms with Crippen LogP contribution >= 0.6 is 0 Å². The summed E-state index contributed by atoms with van der Waals surface area (Å²) in [6.45, 7) is 6.49. The number of amides is 1. The molecule has 0 rings (SSSR count). The van der Waals surface area contributed by atoms with Gasteiger partial charge in [-0.05, 0) is 20.8 Å². The third kappa shape index (κ3) is 6.28. The Bertz CT molecular complexity index is 219. The molecule has 14 heavy (non-hydrogen) atoms. The Morgan fingerprint density at radius 1 is 1.29 bits per heavy atom. The van der Waals surface area contributed by atoms with Gasteiger partial charge in [0.05, 0.1) is 0 Å². The fraction of sp³-hybridized carbons (Fsp3) is 0.778. The third-order valence-corrected chi connectivity index (χ3v) is 1.17. The zero-order chi connectivity index (χ0) is 11.4. The lowest BCUT2D eigenvalue weighted by atomic mass is 10.2. The van der Waals surface area contributed by atoms with Crippen molar-refractivity contribution in [1.82, 2.24) is 4.90 Å². The number of carbonyl (C=O) groups is 2. The van der Waals surface area contributed by atoms with Crippen LogP contribution in [0, 0.1) is 0 Å². The number of nitrogens with zero attached hydrogens (tertiary/aromatic N) is 1. The maximum Gasteiger partial charge on any atom is 0.412 e. The van der Waals surface area contributed by atoms with Crippen molar-refractivity contribution in [2.75, 3.05) is 13.8 Å². The van der Waals surface area contributed by atoms with E-state index in [1.54, 1.807) is 20.8 Å². The Hall–Kier alpha value is -1.26. The van der Waals surface area contributed by atoms with Crippen LogP contribution in [0.5, 0.6) is 0 Å². The average Bonchev–Trinajstić information content (AvgIpc) is 1.96. The standard InChI is InChI=1S/C9H17NO4/c1-7(11)13-6-10(5)8(12)14-9(2,3)4/h6H2,1-5H3. The Balaban J connectivity index is 3.94. The first kappa shape index (κ1) is 12.7. The second kappa shape index (κ2) is 4.83. The van der Waals surface area contributed by atoms with Gasteiger partial charge in [-0.1, -0.05) is 0 Å². The van der Waals surface area contributed by atoms with Crippen LogP contribution < -0.4 is 0 Å². The normalized spacial score (nSPS) is 10.6. The van der Waals surface area contributed by atoms with Crippen molar-refractivity contribution in [2.45, 2.75) is 33.3 Å². The molecule has 0 aromatic heterocycles. The van der Waals surface area contributed by atoms with E-state index in [9.17, 15) is 9.59 Å². The van der Waals surface area contributed by atoms with Crippen molar-refractivity contribution >= 4 is 12.1 Å². The van der Waals surface area contributed by atoms with Crippen LogP contribution in [0.3, 0.4) is 0 Å². The van der Waals surface area contributed by atoms with E-state index < -0.39 is 17.7 Å². The molecule has 0 heterocycles.